The monoisotopic (exact) mass is 264 g/mol. The number of nitrogens with two attached hydrogens (primary N) is 1. The van der Waals surface area contributed by atoms with Crippen molar-refractivity contribution >= 4 is 23.4 Å². The molecule has 1 aromatic rings. The minimum atomic E-state index is 0.115. The van der Waals surface area contributed by atoms with Gasteiger partial charge in [-0.15, -0.1) is 0 Å². The van der Waals surface area contributed by atoms with Gasteiger partial charge in [0.05, 0.1) is 0 Å². The van der Waals surface area contributed by atoms with Crippen molar-refractivity contribution < 1.29 is 4.79 Å². The number of carbonyl (C=O) groups is 1. The molecule has 0 saturated carbocycles. The number of benzene rings is 1. The highest BCUT2D eigenvalue weighted by atomic mass is 32.2. The van der Waals surface area contributed by atoms with Gasteiger partial charge in [-0.25, -0.2) is 0 Å². The van der Waals surface area contributed by atoms with Gasteiger partial charge in [-0.2, -0.15) is 11.8 Å². The van der Waals surface area contributed by atoms with Gasteiger partial charge in [0.25, 0.3) is 5.91 Å². The molecule has 0 radical (unpaired) electrons. The zero-order valence-corrected chi connectivity index (χ0v) is 11.6. The molecular formula is C14H20N2OS. The molecule has 1 heterocycles. The van der Waals surface area contributed by atoms with Crippen LogP contribution in [0.5, 0.6) is 0 Å². The molecule has 1 unspecified atom stereocenters. The number of likely N-dealkylation sites (tertiary alicyclic amines) is 1. The zero-order valence-electron chi connectivity index (χ0n) is 10.8. The van der Waals surface area contributed by atoms with Crippen LogP contribution in [0.3, 0.4) is 0 Å². The van der Waals surface area contributed by atoms with Crippen molar-refractivity contribution in [3.63, 3.8) is 0 Å². The number of anilines is 1. The molecule has 1 fully saturated rings. The average Bonchev–Trinajstić information content (AvgIpc) is 2.63. The van der Waals surface area contributed by atoms with E-state index in [1.807, 2.05) is 34.9 Å². The Morgan fingerprint density at radius 3 is 2.94 bits per heavy atom. The lowest BCUT2D eigenvalue weighted by Gasteiger charge is -2.20. The molecule has 3 nitrogen and oxygen atoms in total. The van der Waals surface area contributed by atoms with E-state index in [9.17, 15) is 4.79 Å². The molecule has 1 aliphatic rings. The molecule has 98 valence electrons. The summed E-state index contributed by atoms with van der Waals surface area (Å²) >= 11 is 1.91. The third kappa shape index (κ3) is 3.19. The quantitative estimate of drug-likeness (QED) is 0.835. The van der Waals surface area contributed by atoms with Crippen molar-refractivity contribution in [1.29, 1.82) is 0 Å². The molecule has 2 N–H and O–H groups in total. The fourth-order valence-electron chi connectivity index (χ4n) is 2.36. The number of hydrogen-bond donors (Lipinski definition) is 1. The minimum absolute atomic E-state index is 0.115. The third-order valence-corrected chi connectivity index (χ3v) is 4.57. The predicted molar refractivity (Wildman–Crippen MR) is 77.9 cm³/mol. The van der Waals surface area contributed by atoms with Crippen molar-refractivity contribution in [2.75, 3.05) is 25.1 Å². The van der Waals surface area contributed by atoms with E-state index < -0.39 is 0 Å². The molecule has 0 bridgehead atoms. The summed E-state index contributed by atoms with van der Waals surface area (Å²) in [5, 5.41) is 0.698. The Morgan fingerprint density at radius 1 is 1.39 bits per heavy atom. The van der Waals surface area contributed by atoms with Crippen LogP contribution in [0.1, 0.15) is 29.6 Å². The van der Waals surface area contributed by atoms with Gasteiger partial charge in [0, 0.05) is 29.6 Å². The number of thioether (sulfide) groups is 1. The first kappa shape index (κ1) is 13.3. The summed E-state index contributed by atoms with van der Waals surface area (Å²) in [4.78, 5) is 14.3. The van der Waals surface area contributed by atoms with Crippen molar-refractivity contribution in [2.45, 2.75) is 24.5 Å². The van der Waals surface area contributed by atoms with Crippen LogP contribution in [0, 0.1) is 0 Å². The number of carbonyl (C=O) groups excluding carboxylic acids is 1. The lowest BCUT2D eigenvalue weighted by molar-refractivity contribution is 0.0762. The van der Waals surface area contributed by atoms with Crippen LogP contribution >= 0.6 is 11.8 Å². The summed E-state index contributed by atoms with van der Waals surface area (Å²) in [6.07, 6.45) is 5.55. The van der Waals surface area contributed by atoms with E-state index in [1.54, 1.807) is 6.07 Å². The number of nitrogens with zero attached hydrogens (tertiary/aromatic N) is 1. The Hall–Kier alpha value is -1.16. The minimum Gasteiger partial charge on any atom is -0.399 e. The summed E-state index contributed by atoms with van der Waals surface area (Å²) in [5.41, 5.74) is 7.08. The van der Waals surface area contributed by atoms with Gasteiger partial charge in [-0.3, -0.25) is 4.79 Å². The van der Waals surface area contributed by atoms with Crippen LogP contribution < -0.4 is 5.73 Å². The fourth-order valence-corrected chi connectivity index (χ4v) is 3.10. The van der Waals surface area contributed by atoms with E-state index in [2.05, 4.69) is 6.26 Å². The Labute approximate surface area is 113 Å². The van der Waals surface area contributed by atoms with Crippen molar-refractivity contribution in [3.8, 4) is 0 Å². The predicted octanol–water partition coefficient (Wildman–Crippen LogP) is 2.63. The molecular weight excluding hydrogens is 244 g/mol. The van der Waals surface area contributed by atoms with Crippen molar-refractivity contribution in [3.05, 3.63) is 29.8 Å². The maximum Gasteiger partial charge on any atom is 0.253 e. The summed E-state index contributed by atoms with van der Waals surface area (Å²) < 4.78 is 0. The highest BCUT2D eigenvalue weighted by Crippen LogP contribution is 2.22. The van der Waals surface area contributed by atoms with Gasteiger partial charge in [-0.1, -0.05) is 6.07 Å². The molecule has 0 aliphatic carbocycles. The van der Waals surface area contributed by atoms with Gasteiger partial charge in [0.15, 0.2) is 0 Å². The van der Waals surface area contributed by atoms with Crippen LogP contribution in [0.25, 0.3) is 0 Å². The van der Waals surface area contributed by atoms with Crippen LogP contribution in [0.15, 0.2) is 24.3 Å². The SMILES string of the molecule is CSC1CCCN(C(=O)c2cccc(N)c2)CC1. The lowest BCUT2D eigenvalue weighted by Crippen LogP contribution is -2.32. The van der Waals surface area contributed by atoms with E-state index in [0.29, 0.717) is 16.5 Å². The topological polar surface area (TPSA) is 46.3 Å². The highest BCUT2D eigenvalue weighted by molar-refractivity contribution is 7.99. The van der Waals surface area contributed by atoms with E-state index in [1.165, 1.54) is 6.42 Å². The fraction of sp³-hybridized carbons (Fsp3) is 0.500. The van der Waals surface area contributed by atoms with E-state index in [4.69, 9.17) is 5.73 Å². The Balaban J connectivity index is 2.05. The second-order valence-corrected chi connectivity index (χ2v) is 5.84. The first-order chi connectivity index (χ1) is 8.70. The maximum absolute atomic E-state index is 12.4. The number of rotatable bonds is 2. The molecule has 1 aliphatic heterocycles. The molecule has 18 heavy (non-hydrogen) atoms. The summed E-state index contributed by atoms with van der Waals surface area (Å²) in [5.74, 6) is 0.115. The van der Waals surface area contributed by atoms with Crippen LogP contribution in [0.4, 0.5) is 5.69 Å². The molecule has 1 saturated heterocycles. The molecule has 2 rings (SSSR count). The summed E-state index contributed by atoms with van der Waals surface area (Å²) in [7, 11) is 0. The summed E-state index contributed by atoms with van der Waals surface area (Å²) in [6, 6.07) is 7.25. The third-order valence-electron chi connectivity index (χ3n) is 3.43. The van der Waals surface area contributed by atoms with E-state index >= 15 is 0 Å². The van der Waals surface area contributed by atoms with Crippen molar-refractivity contribution in [2.24, 2.45) is 0 Å². The first-order valence-electron chi connectivity index (χ1n) is 6.38. The molecule has 4 heteroatoms. The molecule has 0 aromatic heterocycles. The highest BCUT2D eigenvalue weighted by Gasteiger charge is 2.21. The Bertz CT molecular complexity index is 422. The molecule has 1 aromatic carbocycles. The number of hydrogen-bond acceptors (Lipinski definition) is 3. The average molecular weight is 264 g/mol. The Kier molecular flexibility index (Phi) is 4.53. The van der Waals surface area contributed by atoms with Crippen LogP contribution in [0.2, 0.25) is 0 Å². The first-order valence-corrected chi connectivity index (χ1v) is 7.67. The van der Waals surface area contributed by atoms with E-state index in [-0.39, 0.29) is 5.91 Å². The molecule has 1 atom stereocenters. The second-order valence-electron chi connectivity index (χ2n) is 4.71. The number of nitrogen functional groups attached to an aromatic ring is 1. The standard InChI is InChI=1S/C14H20N2OS/c1-18-13-6-3-8-16(9-7-13)14(17)11-4-2-5-12(15)10-11/h2,4-5,10,13H,3,6-9,15H2,1H3. The van der Waals surface area contributed by atoms with Gasteiger partial charge >= 0.3 is 0 Å². The summed E-state index contributed by atoms with van der Waals surface area (Å²) in [6.45, 7) is 1.73. The van der Waals surface area contributed by atoms with Gasteiger partial charge < -0.3 is 10.6 Å². The van der Waals surface area contributed by atoms with Gasteiger partial charge in [0.1, 0.15) is 0 Å². The van der Waals surface area contributed by atoms with Gasteiger partial charge in [-0.05, 0) is 43.7 Å². The largest absolute Gasteiger partial charge is 0.399 e. The Morgan fingerprint density at radius 2 is 2.22 bits per heavy atom. The smallest absolute Gasteiger partial charge is 0.253 e. The van der Waals surface area contributed by atoms with Crippen LogP contribution in [-0.2, 0) is 0 Å². The normalized spacial score (nSPS) is 20.5. The van der Waals surface area contributed by atoms with Crippen LogP contribution in [-0.4, -0.2) is 35.4 Å². The van der Waals surface area contributed by atoms with Gasteiger partial charge in [0.2, 0.25) is 0 Å². The lowest BCUT2D eigenvalue weighted by atomic mass is 10.1. The zero-order chi connectivity index (χ0) is 13.0. The molecule has 0 spiro atoms. The van der Waals surface area contributed by atoms with E-state index in [0.717, 1.165) is 25.9 Å². The maximum atomic E-state index is 12.4. The van der Waals surface area contributed by atoms with Crippen molar-refractivity contribution in [1.82, 2.24) is 4.90 Å². The molecule has 1 amide bonds. The number of amides is 1. The second kappa shape index (κ2) is 6.14.